The molecular formula is C20H22FN7O. The molecule has 1 fully saturated rings. The van der Waals surface area contributed by atoms with Crippen molar-refractivity contribution in [3.8, 4) is 28.4 Å². The van der Waals surface area contributed by atoms with Gasteiger partial charge >= 0.3 is 0 Å². The number of nitrogen functional groups attached to an aromatic ring is 2. The quantitative estimate of drug-likeness (QED) is 0.617. The van der Waals surface area contributed by atoms with Gasteiger partial charge in [0, 0.05) is 24.2 Å². The fourth-order valence-electron chi connectivity index (χ4n) is 3.67. The van der Waals surface area contributed by atoms with E-state index >= 15 is 0 Å². The molecule has 1 atom stereocenters. The summed E-state index contributed by atoms with van der Waals surface area (Å²) >= 11 is 0. The first kappa shape index (κ1) is 19.0. The number of aromatic nitrogens is 4. The molecule has 4 heterocycles. The first-order valence-corrected chi connectivity index (χ1v) is 9.36. The standard InChI is InChI=1S/C20H22FN7O/c1-28-8-2-3-11(10-28)14-9-15(27-20(23)26-14)18-16(29)5-4-13(25-18)12-6-7-24-19(22)17(12)21/h4-7,9,11,29H,2-3,8,10H2,1H3,(H2,22,24)(H2,23,26,27). The molecule has 0 saturated carbocycles. The zero-order valence-electron chi connectivity index (χ0n) is 16.0. The maximum Gasteiger partial charge on any atom is 0.220 e. The molecule has 0 bridgehead atoms. The van der Waals surface area contributed by atoms with Crippen LogP contribution < -0.4 is 11.5 Å². The Morgan fingerprint density at radius 1 is 1.14 bits per heavy atom. The predicted molar refractivity (Wildman–Crippen MR) is 108 cm³/mol. The molecule has 0 aromatic carbocycles. The summed E-state index contributed by atoms with van der Waals surface area (Å²) < 4.78 is 14.4. The molecule has 1 saturated heterocycles. The number of halogens is 1. The molecule has 1 aliphatic heterocycles. The number of pyridine rings is 2. The van der Waals surface area contributed by atoms with Gasteiger partial charge in [-0.2, -0.15) is 0 Å². The lowest BCUT2D eigenvalue weighted by atomic mass is 9.94. The summed E-state index contributed by atoms with van der Waals surface area (Å²) in [7, 11) is 2.07. The van der Waals surface area contributed by atoms with Crippen LogP contribution in [0.3, 0.4) is 0 Å². The number of rotatable bonds is 3. The Hall–Kier alpha value is -3.33. The third-order valence-electron chi connectivity index (χ3n) is 5.11. The number of hydrogen-bond acceptors (Lipinski definition) is 8. The van der Waals surface area contributed by atoms with Crippen LogP contribution in [0, 0.1) is 5.82 Å². The molecule has 9 heteroatoms. The molecule has 0 spiro atoms. The highest BCUT2D eigenvalue weighted by atomic mass is 19.1. The topological polar surface area (TPSA) is 127 Å². The molecule has 29 heavy (non-hydrogen) atoms. The summed E-state index contributed by atoms with van der Waals surface area (Å²) in [4.78, 5) is 19.1. The van der Waals surface area contributed by atoms with E-state index in [1.807, 2.05) is 0 Å². The summed E-state index contributed by atoms with van der Waals surface area (Å²) in [5.74, 6) is -0.628. The van der Waals surface area contributed by atoms with Crippen molar-refractivity contribution >= 4 is 11.8 Å². The highest BCUT2D eigenvalue weighted by Crippen LogP contribution is 2.33. The minimum absolute atomic E-state index is 0.0824. The summed E-state index contributed by atoms with van der Waals surface area (Å²) in [6.45, 7) is 1.92. The van der Waals surface area contributed by atoms with Gasteiger partial charge in [0.15, 0.2) is 11.6 Å². The van der Waals surface area contributed by atoms with Crippen LogP contribution in [0.5, 0.6) is 5.75 Å². The molecule has 5 N–H and O–H groups in total. The van der Waals surface area contributed by atoms with Crippen molar-refractivity contribution < 1.29 is 9.50 Å². The number of hydrogen-bond donors (Lipinski definition) is 3. The van der Waals surface area contributed by atoms with Gasteiger partial charge in [0.2, 0.25) is 5.95 Å². The minimum Gasteiger partial charge on any atom is -0.506 e. The van der Waals surface area contributed by atoms with Crippen molar-refractivity contribution in [3.05, 3.63) is 42.0 Å². The molecule has 1 aliphatic rings. The van der Waals surface area contributed by atoms with Crippen LogP contribution in [-0.2, 0) is 0 Å². The number of aromatic hydroxyl groups is 1. The van der Waals surface area contributed by atoms with Gasteiger partial charge in [-0.25, -0.2) is 24.3 Å². The number of likely N-dealkylation sites (tertiary alicyclic amines) is 1. The van der Waals surface area contributed by atoms with Crippen LogP contribution in [-0.4, -0.2) is 50.1 Å². The second-order valence-corrected chi connectivity index (χ2v) is 7.26. The van der Waals surface area contributed by atoms with Gasteiger partial charge < -0.3 is 21.5 Å². The van der Waals surface area contributed by atoms with Crippen LogP contribution in [0.25, 0.3) is 22.6 Å². The Morgan fingerprint density at radius 2 is 1.97 bits per heavy atom. The van der Waals surface area contributed by atoms with E-state index in [9.17, 15) is 9.50 Å². The predicted octanol–water partition coefficient (Wildman–Crippen LogP) is 2.42. The molecule has 8 nitrogen and oxygen atoms in total. The summed E-state index contributed by atoms with van der Waals surface area (Å²) in [5.41, 5.74) is 13.4. The summed E-state index contributed by atoms with van der Waals surface area (Å²) in [5, 5.41) is 10.4. The third-order valence-corrected chi connectivity index (χ3v) is 5.11. The largest absolute Gasteiger partial charge is 0.506 e. The second kappa shape index (κ2) is 7.59. The lowest BCUT2D eigenvalue weighted by Gasteiger charge is -2.29. The van der Waals surface area contributed by atoms with Gasteiger partial charge in [-0.3, -0.25) is 0 Å². The number of nitrogens with two attached hydrogens (primary N) is 2. The van der Waals surface area contributed by atoms with E-state index in [0.29, 0.717) is 11.4 Å². The highest BCUT2D eigenvalue weighted by molar-refractivity contribution is 5.70. The van der Waals surface area contributed by atoms with Crippen molar-refractivity contribution in [1.29, 1.82) is 0 Å². The molecule has 0 aliphatic carbocycles. The van der Waals surface area contributed by atoms with Crippen LogP contribution >= 0.6 is 0 Å². The Kier molecular flexibility index (Phi) is 4.98. The average Bonchev–Trinajstić information content (AvgIpc) is 2.70. The molecule has 1 unspecified atom stereocenters. The first-order valence-electron chi connectivity index (χ1n) is 9.36. The summed E-state index contributed by atoms with van der Waals surface area (Å²) in [6, 6.07) is 6.23. The fraction of sp³-hybridized carbons (Fsp3) is 0.300. The van der Waals surface area contributed by atoms with E-state index in [2.05, 4.69) is 31.9 Å². The van der Waals surface area contributed by atoms with Gasteiger partial charge in [-0.05, 0) is 50.7 Å². The van der Waals surface area contributed by atoms with E-state index < -0.39 is 5.82 Å². The molecule has 4 rings (SSSR count). The van der Waals surface area contributed by atoms with Gasteiger partial charge in [0.05, 0.1) is 17.1 Å². The van der Waals surface area contributed by atoms with E-state index in [-0.39, 0.29) is 34.7 Å². The molecule has 0 radical (unpaired) electrons. The van der Waals surface area contributed by atoms with E-state index in [4.69, 9.17) is 11.5 Å². The number of likely N-dealkylation sites (N-methyl/N-ethyl adjacent to an activating group) is 1. The summed E-state index contributed by atoms with van der Waals surface area (Å²) in [6.07, 6.45) is 3.48. The first-order chi connectivity index (χ1) is 13.9. The SMILES string of the molecule is CN1CCCC(c2cc(-c3nc(-c4ccnc(N)c4F)ccc3O)nc(N)n2)C1. The van der Waals surface area contributed by atoms with Crippen LogP contribution in [0.1, 0.15) is 24.5 Å². The van der Waals surface area contributed by atoms with Crippen molar-refractivity contribution in [2.75, 3.05) is 31.6 Å². The third kappa shape index (κ3) is 3.81. The van der Waals surface area contributed by atoms with Crippen molar-refractivity contribution in [1.82, 2.24) is 24.8 Å². The lowest BCUT2D eigenvalue weighted by molar-refractivity contribution is 0.248. The lowest BCUT2D eigenvalue weighted by Crippen LogP contribution is -2.31. The number of anilines is 2. The molecule has 150 valence electrons. The monoisotopic (exact) mass is 395 g/mol. The van der Waals surface area contributed by atoms with Crippen LogP contribution in [0.15, 0.2) is 30.5 Å². The average molecular weight is 395 g/mol. The van der Waals surface area contributed by atoms with E-state index in [0.717, 1.165) is 31.6 Å². The van der Waals surface area contributed by atoms with Crippen molar-refractivity contribution in [3.63, 3.8) is 0 Å². The zero-order valence-corrected chi connectivity index (χ0v) is 16.0. The number of nitrogens with zero attached hydrogens (tertiary/aromatic N) is 5. The Bertz CT molecular complexity index is 1060. The molecule has 3 aromatic rings. The van der Waals surface area contributed by atoms with Crippen LogP contribution in [0.4, 0.5) is 16.2 Å². The number of piperidine rings is 1. The smallest absolute Gasteiger partial charge is 0.220 e. The van der Waals surface area contributed by atoms with Crippen molar-refractivity contribution in [2.45, 2.75) is 18.8 Å². The van der Waals surface area contributed by atoms with E-state index in [1.54, 1.807) is 6.07 Å². The maximum atomic E-state index is 14.4. The molecule has 3 aromatic heterocycles. The molecule has 0 amide bonds. The van der Waals surface area contributed by atoms with Gasteiger partial charge in [-0.15, -0.1) is 0 Å². The Labute approximate surface area is 167 Å². The Balaban J connectivity index is 1.78. The Morgan fingerprint density at radius 3 is 2.76 bits per heavy atom. The fourth-order valence-corrected chi connectivity index (χ4v) is 3.67. The van der Waals surface area contributed by atoms with Crippen molar-refractivity contribution in [2.24, 2.45) is 0 Å². The highest BCUT2D eigenvalue weighted by Gasteiger charge is 2.22. The van der Waals surface area contributed by atoms with Gasteiger partial charge in [0.1, 0.15) is 11.4 Å². The normalized spacial score (nSPS) is 17.4. The zero-order chi connectivity index (χ0) is 20.5. The second-order valence-electron chi connectivity index (χ2n) is 7.26. The van der Waals surface area contributed by atoms with Gasteiger partial charge in [-0.1, -0.05) is 0 Å². The maximum absolute atomic E-state index is 14.4. The van der Waals surface area contributed by atoms with E-state index in [1.165, 1.54) is 24.4 Å². The van der Waals surface area contributed by atoms with Gasteiger partial charge in [0.25, 0.3) is 0 Å². The minimum atomic E-state index is -0.662. The molecular weight excluding hydrogens is 373 g/mol. The van der Waals surface area contributed by atoms with Crippen LogP contribution in [0.2, 0.25) is 0 Å².